The van der Waals surface area contributed by atoms with Crippen molar-refractivity contribution < 1.29 is 24.1 Å². The highest BCUT2D eigenvalue weighted by atomic mass is 79.9. The fourth-order valence-corrected chi connectivity index (χ4v) is 7.80. The van der Waals surface area contributed by atoms with Gasteiger partial charge in [-0.05, 0) is 71.7 Å². The maximum absolute atomic E-state index is 12.5. The van der Waals surface area contributed by atoms with Crippen LogP contribution in [0.4, 0.5) is 0 Å². The van der Waals surface area contributed by atoms with Crippen LogP contribution in [0.2, 0.25) is 0 Å². The molecule has 2 aromatic carbocycles. The summed E-state index contributed by atoms with van der Waals surface area (Å²) in [7, 11) is 1.67. The fraction of sp³-hybridized carbons (Fsp3) is 0.515. The molecule has 5 nitrogen and oxygen atoms in total. The van der Waals surface area contributed by atoms with Crippen molar-refractivity contribution in [2.24, 2.45) is 17.8 Å². The molecule has 39 heavy (non-hydrogen) atoms. The van der Waals surface area contributed by atoms with Crippen molar-refractivity contribution >= 4 is 15.9 Å². The van der Waals surface area contributed by atoms with E-state index >= 15 is 0 Å². The van der Waals surface area contributed by atoms with E-state index in [1.54, 1.807) is 7.11 Å². The van der Waals surface area contributed by atoms with Crippen molar-refractivity contribution in [1.29, 1.82) is 0 Å². The number of rotatable bonds is 9. The van der Waals surface area contributed by atoms with Gasteiger partial charge < -0.3 is 24.1 Å². The summed E-state index contributed by atoms with van der Waals surface area (Å²) in [5.41, 5.74) is 1.97. The molecule has 1 N–H and O–H groups in total. The number of allylic oxidation sites excluding steroid dienone is 1. The van der Waals surface area contributed by atoms with Gasteiger partial charge in [0.15, 0.2) is 6.29 Å². The SMILES string of the molecule is C=C(C)[C@@]12CCC(C)C1([C@@H](O)C1=C(Br)C[C@H](C(C)C)[C@@H]1OCc1ccc(OC)cc1)OC(c1ccccc1)O2. The summed E-state index contributed by atoms with van der Waals surface area (Å²) < 4.78 is 26.7. The van der Waals surface area contributed by atoms with E-state index < -0.39 is 23.6 Å². The van der Waals surface area contributed by atoms with Crippen molar-refractivity contribution in [2.75, 3.05) is 7.11 Å². The summed E-state index contributed by atoms with van der Waals surface area (Å²) in [4.78, 5) is 0. The number of methoxy groups -OCH3 is 1. The summed E-state index contributed by atoms with van der Waals surface area (Å²) in [5, 5.41) is 12.5. The Morgan fingerprint density at radius 1 is 1.13 bits per heavy atom. The summed E-state index contributed by atoms with van der Waals surface area (Å²) in [5.74, 6) is 1.45. The number of aliphatic hydroxyl groups is 1. The van der Waals surface area contributed by atoms with Crippen LogP contribution in [0.15, 0.2) is 76.8 Å². The number of ether oxygens (including phenoxy) is 4. The average Bonchev–Trinajstić information content (AvgIpc) is 3.56. The first-order valence-electron chi connectivity index (χ1n) is 14.0. The van der Waals surface area contributed by atoms with Crippen LogP contribution in [-0.2, 0) is 20.8 Å². The van der Waals surface area contributed by atoms with Crippen LogP contribution in [0.25, 0.3) is 0 Å². The third-order valence-corrected chi connectivity index (χ3v) is 10.0. The molecule has 2 aromatic rings. The zero-order valence-corrected chi connectivity index (χ0v) is 25.2. The number of benzene rings is 2. The molecule has 1 heterocycles. The quantitative estimate of drug-likeness (QED) is 0.304. The highest BCUT2D eigenvalue weighted by molar-refractivity contribution is 9.11. The predicted octanol–water partition coefficient (Wildman–Crippen LogP) is 7.50. The van der Waals surface area contributed by atoms with E-state index in [-0.39, 0.29) is 17.9 Å². The van der Waals surface area contributed by atoms with E-state index in [4.69, 9.17) is 18.9 Å². The summed E-state index contributed by atoms with van der Waals surface area (Å²) in [6, 6.07) is 17.9. The third-order valence-electron chi connectivity index (χ3n) is 9.23. The maximum Gasteiger partial charge on any atom is 0.186 e. The average molecular weight is 598 g/mol. The smallest absolute Gasteiger partial charge is 0.186 e. The molecule has 0 aromatic heterocycles. The molecule has 5 rings (SSSR count). The van der Waals surface area contributed by atoms with Gasteiger partial charge in [-0.15, -0.1) is 0 Å². The lowest BCUT2D eigenvalue weighted by molar-refractivity contribution is -0.150. The molecule has 0 radical (unpaired) electrons. The van der Waals surface area contributed by atoms with Crippen molar-refractivity contribution in [3.63, 3.8) is 0 Å². The van der Waals surface area contributed by atoms with Gasteiger partial charge in [0.2, 0.25) is 0 Å². The molecule has 6 heteroatoms. The zero-order valence-electron chi connectivity index (χ0n) is 23.7. The lowest BCUT2D eigenvalue weighted by atomic mass is 9.71. The normalized spacial score (nSPS) is 33.0. The topological polar surface area (TPSA) is 57.2 Å². The molecule has 1 saturated carbocycles. The van der Waals surface area contributed by atoms with E-state index in [1.807, 2.05) is 61.5 Å². The molecular weight excluding hydrogens is 556 g/mol. The van der Waals surface area contributed by atoms with Crippen LogP contribution >= 0.6 is 15.9 Å². The number of halogens is 1. The van der Waals surface area contributed by atoms with E-state index in [1.165, 1.54) is 0 Å². The van der Waals surface area contributed by atoms with Crippen molar-refractivity contribution in [2.45, 2.75) is 83.3 Å². The molecule has 3 unspecified atom stereocenters. The van der Waals surface area contributed by atoms with Gasteiger partial charge in [0.05, 0.1) is 19.8 Å². The zero-order chi connectivity index (χ0) is 27.9. The van der Waals surface area contributed by atoms with E-state index in [0.29, 0.717) is 12.5 Å². The van der Waals surface area contributed by atoms with Crippen molar-refractivity contribution in [3.8, 4) is 5.75 Å². The Labute approximate surface area is 241 Å². The van der Waals surface area contributed by atoms with E-state index in [9.17, 15) is 5.11 Å². The Morgan fingerprint density at radius 3 is 2.44 bits per heavy atom. The Bertz CT molecular complexity index is 1210. The monoisotopic (exact) mass is 596 g/mol. The van der Waals surface area contributed by atoms with Crippen molar-refractivity contribution in [3.05, 3.63) is 87.9 Å². The van der Waals surface area contributed by atoms with Gasteiger partial charge >= 0.3 is 0 Å². The molecular formula is C33H41BrO5. The first-order chi connectivity index (χ1) is 18.6. The Balaban J connectivity index is 1.51. The molecule has 210 valence electrons. The Hall–Kier alpha value is -1.96. The highest BCUT2D eigenvalue weighted by Crippen LogP contribution is 2.63. The van der Waals surface area contributed by atoms with Gasteiger partial charge in [0.25, 0.3) is 0 Å². The van der Waals surface area contributed by atoms with Crippen LogP contribution in [-0.4, -0.2) is 35.6 Å². The van der Waals surface area contributed by atoms with E-state index in [0.717, 1.165) is 51.8 Å². The minimum absolute atomic E-state index is 0.0473. The molecule has 1 aliphatic heterocycles. The van der Waals surface area contributed by atoms with E-state index in [2.05, 4.69) is 43.3 Å². The minimum atomic E-state index is -0.985. The van der Waals surface area contributed by atoms with Gasteiger partial charge in [0.1, 0.15) is 23.1 Å². The lowest BCUT2D eigenvalue weighted by Crippen LogP contribution is -2.60. The second-order valence-electron chi connectivity index (χ2n) is 11.8. The molecule has 3 aliphatic rings. The fourth-order valence-electron chi connectivity index (χ4n) is 6.98. The second-order valence-corrected chi connectivity index (χ2v) is 12.7. The van der Waals surface area contributed by atoms with Gasteiger partial charge in [-0.1, -0.05) is 85.7 Å². The molecule has 0 amide bonds. The Kier molecular flexibility index (Phi) is 8.16. The maximum atomic E-state index is 12.5. The second kappa shape index (κ2) is 11.1. The molecule has 1 saturated heterocycles. The molecule has 0 spiro atoms. The summed E-state index contributed by atoms with van der Waals surface area (Å²) >= 11 is 3.88. The number of hydrogen-bond donors (Lipinski definition) is 1. The Morgan fingerprint density at radius 2 is 1.82 bits per heavy atom. The summed E-state index contributed by atoms with van der Waals surface area (Å²) in [6.45, 7) is 13.4. The lowest BCUT2D eigenvalue weighted by Gasteiger charge is -2.45. The molecule has 7 atom stereocenters. The van der Waals surface area contributed by atoms with Crippen LogP contribution in [0.5, 0.6) is 5.75 Å². The minimum Gasteiger partial charge on any atom is -0.497 e. The molecule has 2 aliphatic carbocycles. The van der Waals surface area contributed by atoms with Crippen LogP contribution in [0.1, 0.15) is 64.4 Å². The standard InChI is InChI=1S/C33H41BrO5/c1-20(2)26-18-27(34)28(29(26)37-19-23-12-14-25(36-6)15-13-23)30(35)33-22(5)16-17-32(33,21(3)4)38-31(39-33)24-10-8-7-9-11-24/h7-15,20,22,26,29-31,35H,3,16-19H2,1-2,4-6H3/t22?,26-,29+,30+,31?,32+,33?/m1/s1. The number of hydrogen-bond acceptors (Lipinski definition) is 5. The highest BCUT2D eigenvalue weighted by Gasteiger charge is 2.71. The van der Waals surface area contributed by atoms with Gasteiger partial charge in [-0.3, -0.25) is 0 Å². The van der Waals surface area contributed by atoms with Gasteiger partial charge in [-0.2, -0.15) is 0 Å². The molecule has 0 bridgehead atoms. The third kappa shape index (κ3) is 4.72. The van der Waals surface area contributed by atoms with Crippen molar-refractivity contribution in [1.82, 2.24) is 0 Å². The summed E-state index contributed by atoms with van der Waals surface area (Å²) in [6.07, 6.45) is 0.659. The largest absolute Gasteiger partial charge is 0.497 e. The molecule has 2 fully saturated rings. The van der Waals surface area contributed by atoms with Crippen LogP contribution < -0.4 is 4.74 Å². The number of aliphatic hydroxyl groups excluding tert-OH is 1. The number of fused-ring (bicyclic) bond motifs is 1. The predicted molar refractivity (Wildman–Crippen MR) is 157 cm³/mol. The first kappa shape index (κ1) is 28.6. The van der Waals surface area contributed by atoms with Gasteiger partial charge in [-0.25, -0.2) is 0 Å². The first-order valence-corrected chi connectivity index (χ1v) is 14.8. The van der Waals surface area contributed by atoms with Crippen LogP contribution in [0, 0.1) is 17.8 Å². The van der Waals surface area contributed by atoms with Crippen LogP contribution in [0.3, 0.4) is 0 Å². The van der Waals surface area contributed by atoms with Gasteiger partial charge in [0, 0.05) is 11.1 Å².